The Balaban J connectivity index is 0.00000199. The number of allylic oxidation sites excluding steroid dienone is 6. The van der Waals surface area contributed by atoms with Crippen molar-refractivity contribution in [2.45, 2.75) is 54.1 Å². The molecular formula is C27H36N4O3. The summed E-state index contributed by atoms with van der Waals surface area (Å²) >= 11 is 0. The lowest BCUT2D eigenvalue weighted by molar-refractivity contribution is -0.115. The van der Waals surface area contributed by atoms with Crippen LogP contribution in [0.1, 0.15) is 68.7 Å². The van der Waals surface area contributed by atoms with Crippen molar-refractivity contribution in [3.63, 3.8) is 0 Å². The lowest BCUT2D eigenvalue weighted by Crippen LogP contribution is -2.48. The summed E-state index contributed by atoms with van der Waals surface area (Å²) in [5.41, 5.74) is 9.58. The molecule has 0 fully saturated rings. The molecule has 2 aliphatic heterocycles. The van der Waals surface area contributed by atoms with Gasteiger partial charge in [-0.15, -0.1) is 0 Å². The molecule has 1 aromatic rings. The summed E-state index contributed by atoms with van der Waals surface area (Å²) in [6, 6.07) is 6.90. The van der Waals surface area contributed by atoms with Crippen LogP contribution in [-0.4, -0.2) is 35.3 Å². The zero-order valence-electron chi connectivity index (χ0n) is 20.9. The third-order valence-corrected chi connectivity index (χ3v) is 5.61. The molecule has 182 valence electrons. The topological polar surface area (TPSA) is 105 Å². The van der Waals surface area contributed by atoms with Gasteiger partial charge in [0.05, 0.1) is 16.7 Å². The van der Waals surface area contributed by atoms with Gasteiger partial charge in [-0.1, -0.05) is 45.1 Å². The van der Waals surface area contributed by atoms with Gasteiger partial charge in [0.15, 0.2) is 0 Å². The monoisotopic (exact) mass is 464 g/mol. The highest BCUT2D eigenvalue weighted by atomic mass is 16.2. The second kappa shape index (κ2) is 12.0. The van der Waals surface area contributed by atoms with E-state index in [0.717, 1.165) is 17.0 Å². The Hall–Kier alpha value is -3.61. The Labute approximate surface area is 202 Å². The van der Waals surface area contributed by atoms with E-state index >= 15 is 0 Å². The maximum absolute atomic E-state index is 12.7. The first kappa shape index (κ1) is 26.6. The molecule has 7 heteroatoms. The number of amides is 3. The highest BCUT2D eigenvalue weighted by molar-refractivity contribution is 6.21. The summed E-state index contributed by atoms with van der Waals surface area (Å²) in [5, 5.41) is 6.68. The van der Waals surface area contributed by atoms with E-state index in [2.05, 4.69) is 10.6 Å². The normalized spacial score (nSPS) is 18.8. The van der Waals surface area contributed by atoms with E-state index in [1.807, 2.05) is 65.8 Å². The number of fused-ring (bicyclic) bond motifs is 1. The molecule has 4 N–H and O–H groups in total. The molecule has 0 aliphatic carbocycles. The molecule has 3 rings (SSSR count). The van der Waals surface area contributed by atoms with Crippen LogP contribution in [-0.2, 0) is 4.79 Å². The van der Waals surface area contributed by atoms with E-state index < -0.39 is 12.1 Å². The highest BCUT2D eigenvalue weighted by Crippen LogP contribution is 2.26. The fourth-order valence-electron chi connectivity index (χ4n) is 4.16. The van der Waals surface area contributed by atoms with Crippen LogP contribution >= 0.6 is 0 Å². The molecule has 2 unspecified atom stereocenters. The Bertz CT molecular complexity index is 1030. The first-order valence-electron chi connectivity index (χ1n) is 11.7. The quantitative estimate of drug-likeness (QED) is 0.398. The number of carbonyl (C=O) groups is 3. The third kappa shape index (κ3) is 5.84. The minimum Gasteiger partial charge on any atom is -0.366 e. The van der Waals surface area contributed by atoms with E-state index in [-0.39, 0.29) is 17.7 Å². The predicted molar refractivity (Wildman–Crippen MR) is 136 cm³/mol. The van der Waals surface area contributed by atoms with Crippen LogP contribution in [0, 0.1) is 5.92 Å². The Morgan fingerprint density at radius 1 is 1.18 bits per heavy atom. The first-order chi connectivity index (χ1) is 16.3. The van der Waals surface area contributed by atoms with Crippen molar-refractivity contribution < 1.29 is 14.4 Å². The molecule has 0 saturated heterocycles. The van der Waals surface area contributed by atoms with Gasteiger partial charge in [-0.3, -0.25) is 19.3 Å². The molecule has 0 bridgehead atoms. The van der Waals surface area contributed by atoms with Crippen molar-refractivity contribution in [2.75, 3.05) is 6.54 Å². The van der Waals surface area contributed by atoms with E-state index in [0.29, 0.717) is 29.7 Å². The van der Waals surface area contributed by atoms with Crippen LogP contribution in [0.3, 0.4) is 0 Å². The smallest absolute Gasteiger partial charge is 0.261 e. The van der Waals surface area contributed by atoms with Crippen molar-refractivity contribution in [1.82, 2.24) is 15.5 Å². The number of nitrogens with zero attached hydrogens (tertiary/aromatic N) is 1. The number of rotatable bonds is 8. The molecule has 34 heavy (non-hydrogen) atoms. The lowest BCUT2D eigenvalue weighted by atomic mass is 9.96. The van der Waals surface area contributed by atoms with Crippen molar-refractivity contribution in [2.24, 2.45) is 11.7 Å². The maximum Gasteiger partial charge on any atom is 0.261 e. The predicted octanol–water partition coefficient (Wildman–Crippen LogP) is 4.02. The van der Waals surface area contributed by atoms with Gasteiger partial charge in [-0.05, 0) is 63.0 Å². The fourth-order valence-corrected chi connectivity index (χ4v) is 4.16. The number of hydrogen-bond acceptors (Lipinski definition) is 5. The van der Waals surface area contributed by atoms with Crippen LogP contribution in [0.4, 0.5) is 0 Å². The van der Waals surface area contributed by atoms with Crippen LogP contribution in [0.25, 0.3) is 0 Å². The largest absolute Gasteiger partial charge is 0.366 e. The van der Waals surface area contributed by atoms with Gasteiger partial charge in [0, 0.05) is 17.9 Å². The molecule has 0 aromatic heterocycles. The molecule has 2 aliphatic rings. The number of dihydropyridines is 1. The summed E-state index contributed by atoms with van der Waals surface area (Å²) in [7, 11) is 0. The van der Waals surface area contributed by atoms with Crippen LogP contribution < -0.4 is 16.4 Å². The van der Waals surface area contributed by atoms with Crippen molar-refractivity contribution >= 4 is 17.7 Å². The van der Waals surface area contributed by atoms with E-state index in [1.54, 1.807) is 24.3 Å². The zero-order valence-corrected chi connectivity index (χ0v) is 20.9. The maximum atomic E-state index is 12.7. The summed E-state index contributed by atoms with van der Waals surface area (Å²) in [4.78, 5) is 38.7. The Morgan fingerprint density at radius 3 is 2.26 bits per heavy atom. The van der Waals surface area contributed by atoms with Crippen molar-refractivity contribution in [1.29, 1.82) is 0 Å². The number of nitrogens with one attached hydrogen (secondary N) is 2. The molecule has 2 heterocycles. The fraction of sp³-hybridized carbons (Fsp3) is 0.370. The van der Waals surface area contributed by atoms with Gasteiger partial charge in [0.25, 0.3) is 11.8 Å². The second-order valence-electron chi connectivity index (χ2n) is 8.17. The second-order valence-corrected chi connectivity index (χ2v) is 8.17. The highest BCUT2D eigenvalue weighted by Gasteiger charge is 2.36. The van der Waals surface area contributed by atoms with Gasteiger partial charge in [0.2, 0.25) is 5.91 Å². The summed E-state index contributed by atoms with van der Waals surface area (Å²) < 4.78 is 0. The molecule has 0 saturated carbocycles. The standard InChI is InChI=1S/C25H30N4O3.C2H6/c1-5-9-17(6-2)27-23-21(22(26)30)16(4)13-18(28-23)12-15(3)14-29-24(31)19-10-7-8-11-20(19)25(29)32;1-2/h5-11,13,15,23,27-28H,12,14H2,1-4H3,(H2,26,30);1-2H3/b9-5-,17-6+;. The number of primary amides is 1. The number of imide groups is 1. The average Bonchev–Trinajstić information content (AvgIpc) is 3.04. The number of hydrogen-bond donors (Lipinski definition) is 3. The number of nitrogens with two attached hydrogens (primary N) is 1. The zero-order chi connectivity index (χ0) is 25.4. The van der Waals surface area contributed by atoms with Gasteiger partial charge in [-0.25, -0.2) is 0 Å². The first-order valence-corrected chi connectivity index (χ1v) is 11.7. The van der Waals surface area contributed by atoms with Gasteiger partial charge in [0.1, 0.15) is 6.17 Å². The summed E-state index contributed by atoms with van der Waals surface area (Å²) in [6.45, 7) is 12.0. The number of benzene rings is 1. The SMILES string of the molecule is C/C=C\C(=C/C)NC1NC(CC(C)CN2C(=O)c3ccccc3C2=O)=CC(C)=C1C(N)=O.CC. The van der Waals surface area contributed by atoms with Gasteiger partial charge < -0.3 is 16.4 Å². The van der Waals surface area contributed by atoms with Gasteiger partial charge in [-0.2, -0.15) is 0 Å². The lowest BCUT2D eigenvalue weighted by Gasteiger charge is -2.31. The molecule has 0 spiro atoms. The minimum atomic E-state index is -0.488. The molecule has 0 radical (unpaired) electrons. The Kier molecular flexibility index (Phi) is 9.42. The van der Waals surface area contributed by atoms with Gasteiger partial charge >= 0.3 is 0 Å². The molecule has 2 atom stereocenters. The van der Waals surface area contributed by atoms with Crippen LogP contribution in [0.15, 0.2) is 71.1 Å². The van der Waals surface area contributed by atoms with Crippen molar-refractivity contribution in [3.05, 3.63) is 82.2 Å². The third-order valence-electron chi connectivity index (χ3n) is 5.61. The summed E-state index contributed by atoms with van der Waals surface area (Å²) in [6.07, 6.45) is 7.77. The minimum absolute atomic E-state index is 0.0104. The summed E-state index contributed by atoms with van der Waals surface area (Å²) in [5.74, 6) is -0.980. The molecule has 7 nitrogen and oxygen atoms in total. The molecule has 3 amide bonds. The average molecular weight is 465 g/mol. The van der Waals surface area contributed by atoms with Crippen LogP contribution in [0.2, 0.25) is 0 Å². The van der Waals surface area contributed by atoms with Crippen LogP contribution in [0.5, 0.6) is 0 Å². The number of carbonyl (C=O) groups excluding carboxylic acids is 3. The Morgan fingerprint density at radius 2 is 1.76 bits per heavy atom. The molecular weight excluding hydrogens is 428 g/mol. The van der Waals surface area contributed by atoms with E-state index in [4.69, 9.17) is 5.73 Å². The molecule has 1 aromatic carbocycles. The van der Waals surface area contributed by atoms with Crippen molar-refractivity contribution in [3.8, 4) is 0 Å². The van der Waals surface area contributed by atoms with E-state index in [9.17, 15) is 14.4 Å². The van der Waals surface area contributed by atoms with E-state index in [1.165, 1.54) is 4.90 Å².